The Morgan fingerprint density at radius 3 is 2.65 bits per heavy atom. The molecule has 1 atom stereocenters. The Balaban J connectivity index is 1.63. The van der Waals surface area contributed by atoms with Crippen molar-refractivity contribution in [1.82, 2.24) is 15.5 Å². The third-order valence-corrected chi connectivity index (χ3v) is 4.50. The minimum atomic E-state index is -0.361. The van der Waals surface area contributed by atoms with Crippen molar-refractivity contribution in [3.63, 3.8) is 0 Å². The summed E-state index contributed by atoms with van der Waals surface area (Å²) in [6, 6.07) is 8.93. The molecular weight excluding hydrogens is 290 g/mol. The van der Waals surface area contributed by atoms with E-state index in [2.05, 4.69) is 22.5 Å². The Morgan fingerprint density at radius 2 is 2.00 bits per heavy atom. The Labute approximate surface area is 139 Å². The van der Waals surface area contributed by atoms with Crippen LogP contribution >= 0.6 is 0 Å². The topological polar surface area (TPSA) is 64.6 Å². The third kappa shape index (κ3) is 6.20. The number of benzene rings is 1. The van der Waals surface area contributed by atoms with Crippen LogP contribution in [-0.4, -0.2) is 48.8 Å². The lowest BCUT2D eigenvalue weighted by Gasteiger charge is -2.30. The zero-order valence-corrected chi connectivity index (χ0v) is 14.0. The molecule has 23 heavy (non-hydrogen) atoms. The molecule has 1 aromatic rings. The van der Waals surface area contributed by atoms with Crippen LogP contribution in [-0.2, 0) is 0 Å². The van der Waals surface area contributed by atoms with Crippen molar-refractivity contribution in [3.05, 3.63) is 35.9 Å². The average molecular weight is 319 g/mol. The minimum absolute atomic E-state index is 0.108. The molecule has 0 saturated carbocycles. The summed E-state index contributed by atoms with van der Waals surface area (Å²) in [6.45, 7) is 6.25. The predicted octanol–water partition coefficient (Wildman–Crippen LogP) is 2.14. The lowest BCUT2D eigenvalue weighted by atomic mass is 9.99. The largest absolute Gasteiger partial charge is 0.394 e. The highest BCUT2D eigenvalue weighted by molar-refractivity contribution is 5.74. The molecule has 1 fully saturated rings. The van der Waals surface area contributed by atoms with Gasteiger partial charge in [-0.15, -0.1) is 0 Å². The summed E-state index contributed by atoms with van der Waals surface area (Å²) in [5, 5.41) is 15.1. The molecule has 1 aromatic carbocycles. The normalized spacial score (nSPS) is 17.7. The van der Waals surface area contributed by atoms with Crippen LogP contribution in [0, 0.1) is 5.92 Å². The Morgan fingerprint density at radius 1 is 1.30 bits per heavy atom. The fourth-order valence-corrected chi connectivity index (χ4v) is 2.92. The standard InChI is InChI=1S/C18H29N3O2/c1-15-8-12-21(13-9-15)11-5-10-19-18(23)20-17(14-22)16-6-3-2-4-7-16/h2-4,6-7,15,17,22H,5,8-14H2,1H3,(H2,19,20,23). The summed E-state index contributed by atoms with van der Waals surface area (Å²) in [7, 11) is 0. The van der Waals surface area contributed by atoms with Gasteiger partial charge in [0.05, 0.1) is 12.6 Å². The summed E-state index contributed by atoms with van der Waals surface area (Å²) >= 11 is 0. The number of nitrogens with one attached hydrogen (secondary N) is 2. The van der Waals surface area contributed by atoms with Crippen molar-refractivity contribution in [2.75, 3.05) is 32.8 Å². The van der Waals surface area contributed by atoms with Gasteiger partial charge < -0.3 is 20.6 Å². The monoisotopic (exact) mass is 319 g/mol. The smallest absolute Gasteiger partial charge is 0.315 e. The van der Waals surface area contributed by atoms with E-state index in [0.717, 1.165) is 24.4 Å². The molecule has 1 saturated heterocycles. The summed E-state index contributed by atoms with van der Waals surface area (Å²) in [4.78, 5) is 14.4. The molecule has 0 radical (unpaired) electrons. The van der Waals surface area contributed by atoms with E-state index in [1.165, 1.54) is 25.9 Å². The van der Waals surface area contributed by atoms with Gasteiger partial charge in [-0.05, 0) is 50.4 Å². The lowest BCUT2D eigenvalue weighted by molar-refractivity contribution is 0.189. The number of piperidine rings is 1. The molecule has 2 amide bonds. The molecule has 0 spiro atoms. The van der Waals surface area contributed by atoms with Gasteiger partial charge in [0.1, 0.15) is 0 Å². The maximum Gasteiger partial charge on any atom is 0.315 e. The number of aliphatic hydroxyl groups excluding tert-OH is 1. The molecule has 0 bridgehead atoms. The molecule has 0 aromatic heterocycles. The van der Waals surface area contributed by atoms with Crippen molar-refractivity contribution < 1.29 is 9.90 Å². The molecule has 1 unspecified atom stereocenters. The van der Waals surface area contributed by atoms with E-state index in [4.69, 9.17) is 0 Å². The molecule has 128 valence electrons. The van der Waals surface area contributed by atoms with Gasteiger partial charge in [-0.25, -0.2) is 4.79 Å². The van der Waals surface area contributed by atoms with Gasteiger partial charge in [-0.3, -0.25) is 0 Å². The molecule has 1 aliphatic rings. The van der Waals surface area contributed by atoms with Crippen LogP contribution in [0.15, 0.2) is 30.3 Å². The van der Waals surface area contributed by atoms with Gasteiger partial charge in [0.25, 0.3) is 0 Å². The maximum absolute atomic E-state index is 11.9. The first-order valence-electron chi connectivity index (χ1n) is 8.61. The molecule has 5 heteroatoms. The van der Waals surface area contributed by atoms with Crippen LogP contribution in [0.25, 0.3) is 0 Å². The summed E-state index contributed by atoms with van der Waals surface area (Å²) in [5.41, 5.74) is 0.910. The first kappa shape index (κ1) is 17.8. The number of carbonyl (C=O) groups is 1. The van der Waals surface area contributed by atoms with Gasteiger partial charge >= 0.3 is 6.03 Å². The molecule has 0 aliphatic carbocycles. The molecule has 3 N–H and O–H groups in total. The summed E-state index contributed by atoms with van der Waals surface area (Å²) in [6.07, 6.45) is 3.52. The van der Waals surface area contributed by atoms with Crippen molar-refractivity contribution in [1.29, 1.82) is 0 Å². The number of rotatable bonds is 7. The third-order valence-electron chi connectivity index (χ3n) is 4.50. The van der Waals surface area contributed by atoms with Crippen molar-refractivity contribution in [3.8, 4) is 0 Å². The van der Waals surface area contributed by atoms with E-state index in [1.807, 2.05) is 30.3 Å². The van der Waals surface area contributed by atoms with Crippen LogP contribution in [0.5, 0.6) is 0 Å². The van der Waals surface area contributed by atoms with E-state index in [9.17, 15) is 9.90 Å². The number of hydrogen-bond donors (Lipinski definition) is 3. The van der Waals surface area contributed by atoms with E-state index >= 15 is 0 Å². The number of urea groups is 1. The van der Waals surface area contributed by atoms with E-state index in [1.54, 1.807) is 0 Å². The quantitative estimate of drug-likeness (QED) is 0.675. The second-order valence-electron chi connectivity index (χ2n) is 6.42. The number of likely N-dealkylation sites (tertiary alicyclic amines) is 1. The number of aliphatic hydroxyl groups is 1. The first-order valence-corrected chi connectivity index (χ1v) is 8.61. The van der Waals surface area contributed by atoms with Crippen LogP contribution in [0.1, 0.15) is 37.8 Å². The first-order chi connectivity index (χ1) is 11.2. The van der Waals surface area contributed by atoms with Gasteiger partial charge in [0.15, 0.2) is 0 Å². The SMILES string of the molecule is CC1CCN(CCCNC(=O)NC(CO)c2ccccc2)CC1. The zero-order chi connectivity index (χ0) is 16.5. The Bertz CT molecular complexity index is 459. The average Bonchev–Trinajstić information content (AvgIpc) is 2.59. The fourth-order valence-electron chi connectivity index (χ4n) is 2.92. The van der Waals surface area contributed by atoms with Crippen molar-refractivity contribution >= 4 is 6.03 Å². The summed E-state index contributed by atoms with van der Waals surface area (Å²) < 4.78 is 0. The lowest BCUT2D eigenvalue weighted by Crippen LogP contribution is -2.41. The van der Waals surface area contributed by atoms with Gasteiger partial charge in [-0.2, -0.15) is 0 Å². The van der Waals surface area contributed by atoms with Gasteiger partial charge in [0, 0.05) is 6.54 Å². The van der Waals surface area contributed by atoms with Crippen LogP contribution < -0.4 is 10.6 Å². The second-order valence-corrected chi connectivity index (χ2v) is 6.42. The fraction of sp³-hybridized carbons (Fsp3) is 0.611. The highest BCUT2D eigenvalue weighted by atomic mass is 16.3. The number of carbonyl (C=O) groups excluding carboxylic acids is 1. The number of nitrogens with zero attached hydrogens (tertiary/aromatic N) is 1. The zero-order valence-electron chi connectivity index (χ0n) is 14.0. The maximum atomic E-state index is 11.9. The van der Waals surface area contributed by atoms with E-state index in [-0.39, 0.29) is 18.7 Å². The van der Waals surface area contributed by atoms with Crippen LogP contribution in [0.3, 0.4) is 0 Å². The van der Waals surface area contributed by atoms with Crippen LogP contribution in [0.2, 0.25) is 0 Å². The molecular formula is C18H29N3O2. The molecule has 1 heterocycles. The van der Waals surface area contributed by atoms with Crippen LogP contribution in [0.4, 0.5) is 4.79 Å². The minimum Gasteiger partial charge on any atom is -0.394 e. The van der Waals surface area contributed by atoms with Crippen molar-refractivity contribution in [2.24, 2.45) is 5.92 Å². The Kier molecular flexibility index (Phi) is 7.36. The number of amides is 2. The van der Waals surface area contributed by atoms with E-state index in [0.29, 0.717) is 6.54 Å². The second kappa shape index (κ2) is 9.53. The highest BCUT2D eigenvalue weighted by Gasteiger charge is 2.15. The highest BCUT2D eigenvalue weighted by Crippen LogP contribution is 2.15. The van der Waals surface area contributed by atoms with Crippen molar-refractivity contribution in [2.45, 2.75) is 32.2 Å². The van der Waals surface area contributed by atoms with E-state index < -0.39 is 0 Å². The predicted molar refractivity (Wildman–Crippen MR) is 92.3 cm³/mol. The molecule has 1 aliphatic heterocycles. The number of hydrogen-bond acceptors (Lipinski definition) is 3. The molecule has 5 nitrogen and oxygen atoms in total. The molecule has 2 rings (SSSR count). The van der Waals surface area contributed by atoms with Gasteiger partial charge in [-0.1, -0.05) is 37.3 Å². The Hall–Kier alpha value is -1.59. The summed E-state index contributed by atoms with van der Waals surface area (Å²) in [5.74, 6) is 0.851. The van der Waals surface area contributed by atoms with Gasteiger partial charge in [0.2, 0.25) is 0 Å².